The third kappa shape index (κ3) is 2.65. The van der Waals surface area contributed by atoms with E-state index < -0.39 is 23.6 Å². The molecule has 4 rings (SSSR count). The quantitative estimate of drug-likeness (QED) is 0.766. The van der Waals surface area contributed by atoms with Crippen LogP contribution in [-0.2, 0) is 11.0 Å². The Bertz CT molecular complexity index is 961. The van der Waals surface area contributed by atoms with Gasteiger partial charge in [0.05, 0.1) is 11.5 Å². The molecular weight excluding hydrogens is 333 g/mol. The number of alkyl halides is 3. The summed E-state index contributed by atoms with van der Waals surface area (Å²) < 4.78 is 40.0. The molecule has 0 bridgehead atoms. The average Bonchev–Trinajstić information content (AvgIpc) is 3.29. The summed E-state index contributed by atoms with van der Waals surface area (Å²) in [6, 6.07) is 8.37. The number of aliphatic carboxylic acids is 1. The van der Waals surface area contributed by atoms with Crippen LogP contribution in [-0.4, -0.2) is 20.6 Å². The molecule has 2 aromatic heterocycles. The molecule has 1 fully saturated rings. The van der Waals surface area contributed by atoms with Crippen molar-refractivity contribution < 1.29 is 23.1 Å². The highest BCUT2D eigenvalue weighted by Crippen LogP contribution is 2.46. The van der Waals surface area contributed by atoms with Crippen molar-refractivity contribution >= 4 is 17.0 Å². The summed E-state index contributed by atoms with van der Waals surface area (Å²) in [4.78, 5) is 15.5. The van der Waals surface area contributed by atoms with Crippen LogP contribution >= 0.6 is 0 Å². The van der Waals surface area contributed by atoms with E-state index in [2.05, 4.69) is 4.98 Å². The number of fused-ring (bicyclic) bond motifs is 1. The highest BCUT2D eigenvalue weighted by Gasteiger charge is 2.45. The van der Waals surface area contributed by atoms with Crippen LogP contribution in [0.2, 0.25) is 0 Å². The van der Waals surface area contributed by atoms with E-state index in [9.17, 15) is 18.0 Å². The molecule has 3 aromatic rings. The number of pyridine rings is 1. The van der Waals surface area contributed by atoms with Crippen LogP contribution in [0.3, 0.4) is 0 Å². The van der Waals surface area contributed by atoms with Gasteiger partial charge in [0.25, 0.3) is 0 Å². The molecule has 4 nitrogen and oxygen atoms in total. The maximum Gasteiger partial charge on any atom is 0.416 e. The van der Waals surface area contributed by atoms with E-state index in [4.69, 9.17) is 5.11 Å². The minimum absolute atomic E-state index is 0.168. The first-order chi connectivity index (χ1) is 11.9. The maximum atomic E-state index is 12.7. The molecule has 0 amide bonds. The van der Waals surface area contributed by atoms with Gasteiger partial charge in [-0.1, -0.05) is 12.1 Å². The number of carbonyl (C=O) groups is 1. The van der Waals surface area contributed by atoms with Gasteiger partial charge in [-0.05, 0) is 36.2 Å². The fourth-order valence-electron chi connectivity index (χ4n) is 3.16. The fourth-order valence-corrected chi connectivity index (χ4v) is 3.16. The number of carboxylic acid groups (broad SMARTS) is 1. The standard InChI is InChI=1S/C18H13F3N2O2/c19-18(20,21)11-5-3-10(4-6-11)14-9-23(15-8-13(15)17(24)25)16-12(14)2-1-7-22-16/h1-7,9,13,15H,8H2,(H,24,25)/t13-,15-/m1/s1. The SMILES string of the molecule is O=C(O)[C@@H]1C[C@H]1n1cc(-c2ccc(C(F)(F)F)cc2)c2cccnc21. The van der Waals surface area contributed by atoms with Crippen molar-refractivity contribution in [2.24, 2.45) is 5.92 Å². The van der Waals surface area contributed by atoms with Gasteiger partial charge >= 0.3 is 12.1 Å². The lowest BCUT2D eigenvalue weighted by atomic mass is 10.0. The van der Waals surface area contributed by atoms with E-state index in [-0.39, 0.29) is 6.04 Å². The first kappa shape index (κ1) is 15.7. The molecule has 128 valence electrons. The molecule has 0 unspecified atom stereocenters. The zero-order valence-corrected chi connectivity index (χ0v) is 12.9. The molecule has 25 heavy (non-hydrogen) atoms. The van der Waals surface area contributed by atoms with Crippen LogP contribution in [0.15, 0.2) is 48.8 Å². The Hall–Kier alpha value is -2.83. The van der Waals surface area contributed by atoms with Crippen molar-refractivity contribution in [1.82, 2.24) is 9.55 Å². The van der Waals surface area contributed by atoms with Crippen LogP contribution < -0.4 is 0 Å². The van der Waals surface area contributed by atoms with E-state index in [0.717, 1.165) is 23.1 Å². The third-order valence-corrected chi connectivity index (χ3v) is 4.54. The highest BCUT2D eigenvalue weighted by molar-refractivity contribution is 5.94. The van der Waals surface area contributed by atoms with Gasteiger partial charge in [-0.2, -0.15) is 13.2 Å². The monoisotopic (exact) mass is 346 g/mol. The van der Waals surface area contributed by atoms with Crippen molar-refractivity contribution in [3.8, 4) is 11.1 Å². The number of hydrogen-bond donors (Lipinski definition) is 1. The molecule has 2 heterocycles. The molecule has 1 aliphatic carbocycles. The van der Waals surface area contributed by atoms with Crippen molar-refractivity contribution in [3.63, 3.8) is 0 Å². The minimum Gasteiger partial charge on any atom is -0.481 e. The summed E-state index contributed by atoms with van der Waals surface area (Å²) in [6.07, 6.45) is -0.444. The Balaban J connectivity index is 1.79. The zero-order valence-electron chi connectivity index (χ0n) is 12.9. The molecular formula is C18H13F3N2O2. The highest BCUT2D eigenvalue weighted by atomic mass is 19.4. The molecule has 1 aromatic carbocycles. The Labute approximate surface area is 140 Å². The molecule has 2 atom stereocenters. The van der Waals surface area contributed by atoms with Crippen LogP contribution in [0.1, 0.15) is 18.0 Å². The predicted octanol–water partition coefficient (Wildman–Crippen LogP) is 4.37. The van der Waals surface area contributed by atoms with Crippen molar-refractivity contribution in [1.29, 1.82) is 0 Å². The summed E-state index contributed by atoms with van der Waals surface area (Å²) >= 11 is 0. The second-order valence-corrected chi connectivity index (χ2v) is 6.15. The molecule has 0 saturated heterocycles. The Kier molecular flexibility index (Phi) is 3.35. The maximum absolute atomic E-state index is 12.7. The zero-order chi connectivity index (χ0) is 17.8. The largest absolute Gasteiger partial charge is 0.481 e. The van der Waals surface area contributed by atoms with Crippen LogP contribution in [0.5, 0.6) is 0 Å². The van der Waals surface area contributed by atoms with E-state index in [0.29, 0.717) is 17.6 Å². The van der Waals surface area contributed by atoms with E-state index >= 15 is 0 Å². The Morgan fingerprint density at radius 2 is 1.92 bits per heavy atom. The predicted molar refractivity (Wildman–Crippen MR) is 85.0 cm³/mol. The van der Waals surface area contributed by atoms with Gasteiger partial charge in [-0.25, -0.2) is 4.98 Å². The first-order valence-corrected chi connectivity index (χ1v) is 7.72. The molecule has 1 saturated carbocycles. The summed E-state index contributed by atoms with van der Waals surface area (Å²) in [5, 5.41) is 9.94. The number of rotatable bonds is 3. The van der Waals surface area contributed by atoms with Gasteiger partial charge in [0.15, 0.2) is 0 Å². The summed E-state index contributed by atoms with van der Waals surface area (Å²) in [7, 11) is 0. The van der Waals surface area contributed by atoms with Crippen LogP contribution in [0.4, 0.5) is 13.2 Å². The van der Waals surface area contributed by atoms with Crippen molar-refractivity contribution in [3.05, 3.63) is 54.4 Å². The van der Waals surface area contributed by atoms with Crippen molar-refractivity contribution in [2.45, 2.75) is 18.6 Å². The molecule has 1 N–H and O–H groups in total. The summed E-state index contributed by atoms with van der Waals surface area (Å²) in [5.74, 6) is -1.29. The normalized spacial score (nSPS) is 20.0. The number of halogens is 3. The number of hydrogen-bond acceptors (Lipinski definition) is 2. The topological polar surface area (TPSA) is 55.1 Å². The van der Waals surface area contributed by atoms with Crippen molar-refractivity contribution in [2.75, 3.05) is 0 Å². The third-order valence-electron chi connectivity index (χ3n) is 4.54. The van der Waals surface area contributed by atoms with Crippen LogP contribution in [0.25, 0.3) is 22.2 Å². The van der Waals surface area contributed by atoms with Gasteiger partial charge in [0, 0.05) is 29.4 Å². The van der Waals surface area contributed by atoms with E-state index in [1.54, 1.807) is 18.5 Å². The van der Waals surface area contributed by atoms with Gasteiger partial charge in [0.1, 0.15) is 5.65 Å². The molecule has 1 aliphatic rings. The summed E-state index contributed by atoms with van der Waals surface area (Å²) in [5.41, 5.74) is 1.32. The summed E-state index contributed by atoms with van der Waals surface area (Å²) in [6.45, 7) is 0. The second kappa shape index (κ2) is 5.34. The lowest BCUT2D eigenvalue weighted by Crippen LogP contribution is -2.04. The molecule has 7 heteroatoms. The van der Waals surface area contributed by atoms with Gasteiger partial charge in [0.2, 0.25) is 0 Å². The smallest absolute Gasteiger partial charge is 0.416 e. The molecule has 0 radical (unpaired) electrons. The van der Waals surface area contributed by atoms with Gasteiger partial charge in [-0.3, -0.25) is 4.79 Å². The number of benzene rings is 1. The lowest BCUT2D eigenvalue weighted by Gasteiger charge is -2.07. The second-order valence-electron chi connectivity index (χ2n) is 6.15. The molecule has 0 spiro atoms. The lowest BCUT2D eigenvalue weighted by molar-refractivity contribution is -0.139. The Morgan fingerprint density at radius 3 is 2.52 bits per heavy atom. The number of nitrogens with zero attached hydrogens (tertiary/aromatic N) is 2. The first-order valence-electron chi connectivity index (χ1n) is 7.72. The van der Waals surface area contributed by atoms with E-state index in [1.165, 1.54) is 12.1 Å². The van der Waals surface area contributed by atoms with Crippen LogP contribution in [0, 0.1) is 5.92 Å². The Morgan fingerprint density at radius 1 is 1.20 bits per heavy atom. The van der Waals surface area contributed by atoms with Gasteiger partial charge in [-0.15, -0.1) is 0 Å². The molecule has 0 aliphatic heterocycles. The number of carboxylic acids is 1. The minimum atomic E-state index is -4.38. The van der Waals surface area contributed by atoms with Gasteiger partial charge < -0.3 is 9.67 Å². The average molecular weight is 346 g/mol. The fraction of sp³-hybridized carbons (Fsp3) is 0.222. The number of aromatic nitrogens is 2. The van der Waals surface area contributed by atoms with E-state index in [1.807, 2.05) is 10.6 Å².